The molecule has 1 amide bonds. The highest BCUT2D eigenvalue weighted by molar-refractivity contribution is 6.01. The molecule has 0 N–H and O–H groups in total. The second kappa shape index (κ2) is 4.67. The van der Waals surface area contributed by atoms with Gasteiger partial charge in [-0.15, -0.1) is 0 Å². The Morgan fingerprint density at radius 3 is 2.75 bits per heavy atom. The van der Waals surface area contributed by atoms with Crippen LogP contribution in [0.2, 0.25) is 0 Å². The van der Waals surface area contributed by atoms with Crippen molar-refractivity contribution in [3.05, 3.63) is 35.8 Å². The summed E-state index contributed by atoms with van der Waals surface area (Å²) in [6.07, 6.45) is 3.85. The van der Waals surface area contributed by atoms with Gasteiger partial charge in [0.1, 0.15) is 5.82 Å². The maximum Gasteiger partial charge on any atom is 0.233 e. The van der Waals surface area contributed by atoms with E-state index in [1.807, 2.05) is 32.9 Å². The molecule has 0 saturated carbocycles. The minimum absolute atomic E-state index is 0.0933. The van der Waals surface area contributed by atoms with Crippen LogP contribution in [0.3, 0.4) is 0 Å². The van der Waals surface area contributed by atoms with E-state index >= 15 is 0 Å². The summed E-state index contributed by atoms with van der Waals surface area (Å²) >= 11 is 0. The summed E-state index contributed by atoms with van der Waals surface area (Å²) in [5.41, 5.74) is 2.67. The highest BCUT2D eigenvalue weighted by Crippen LogP contribution is 2.32. The van der Waals surface area contributed by atoms with E-state index < -0.39 is 0 Å². The molecule has 3 heterocycles. The van der Waals surface area contributed by atoms with Crippen molar-refractivity contribution in [2.45, 2.75) is 33.2 Å². The first kappa shape index (κ1) is 12.7. The van der Waals surface area contributed by atoms with Gasteiger partial charge in [0.15, 0.2) is 5.82 Å². The van der Waals surface area contributed by atoms with Gasteiger partial charge in [0.05, 0.1) is 6.42 Å². The predicted molar refractivity (Wildman–Crippen MR) is 76.3 cm³/mol. The molecule has 2 aromatic rings. The third-order valence-electron chi connectivity index (χ3n) is 3.45. The number of fused-ring (bicyclic) bond motifs is 1. The number of amides is 1. The summed E-state index contributed by atoms with van der Waals surface area (Å²) in [6, 6.07) is 3.87. The molecule has 0 bridgehead atoms. The van der Waals surface area contributed by atoms with Crippen LogP contribution in [0.15, 0.2) is 24.5 Å². The number of aryl methyl sites for hydroxylation is 1. The Kier molecular flexibility index (Phi) is 2.97. The second-order valence-electron chi connectivity index (χ2n) is 5.21. The van der Waals surface area contributed by atoms with E-state index in [1.165, 1.54) is 0 Å². The summed E-state index contributed by atoms with van der Waals surface area (Å²) in [4.78, 5) is 27.1. The highest BCUT2D eigenvalue weighted by atomic mass is 16.2. The van der Waals surface area contributed by atoms with Crippen molar-refractivity contribution in [2.24, 2.45) is 0 Å². The lowest BCUT2D eigenvalue weighted by Gasteiger charge is -2.21. The van der Waals surface area contributed by atoms with Gasteiger partial charge in [0, 0.05) is 35.3 Å². The Labute approximate surface area is 117 Å². The maximum atomic E-state index is 12.1. The van der Waals surface area contributed by atoms with Gasteiger partial charge in [-0.3, -0.25) is 14.7 Å². The lowest BCUT2D eigenvalue weighted by atomic mass is 10.2. The van der Waals surface area contributed by atoms with E-state index in [-0.39, 0.29) is 11.9 Å². The van der Waals surface area contributed by atoms with Crippen molar-refractivity contribution in [1.82, 2.24) is 15.0 Å². The zero-order valence-corrected chi connectivity index (χ0v) is 11.8. The summed E-state index contributed by atoms with van der Waals surface area (Å²) in [7, 11) is 0. The molecule has 0 saturated heterocycles. The molecular weight excluding hydrogens is 252 g/mol. The Hall–Kier alpha value is -2.30. The minimum Gasteiger partial charge on any atom is -0.294 e. The quantitative estimate of drug-likeness (QED) is 0.837. The number of pyridine rings is 1. The first-order chi connectivity index (χ1) is 9.58. The number of nitrogens with zero attached hydrogens (tertiary/aromatic N) is 4. The van der Waals surface area contributed by atoms with Crippen molar-refractivity contribution < 1.29 is 4.79 Å². The highest BCUT2D eigenvalue weighted by Gasteiger charge is 2.33. The Morgan fingerprint density at radius 2 is 2.10 bits per heavy atom. The number of carbonyl (C=O) groups excluding carboxylic acids is 1. The Bertz CT molecular complexity index is 667. The van der Waals surface area contributed by atoms with Crippen LogP contribution in [0.5, 0.6) is 0 Å². The average Bonchev–Trinajstić information content (AvgIpc) is 2.76. The molecule has 1 aliphatic rings. The molecule has 3 rings (SSSR count). The smallest absolute Gasteiger partial charge is 0.233 e. The third-order valence-corrected chi connectivity index (χ3v) is 3.45. The monoisotopic (exact) mass is 268 g/mol. The number of carbonyl (C=O) groups is 1. The van der Waals surface area contributed by atoms with Crippen LogP contribution in [0.1, 0.15) is 25.1 Å². The van der Waals surface area contributed by atoms with Crippen molar-refractivity contribution in [3.8, 4) is 11.4 Å². The molecule has 0 radical (unpaired) electrons. The lowest BCUT2D eigenvalue weighted by molar-refractivity contribution is -0.117. The van der Waals surface area contributed by atoms with Gasteiger partial charge in [-0.05, 0) is 32.9 Å². The molecule has 1 aliphatic heterocycles. The summed E-state index contributed by atoms with van der Waals surface area (Å²) in [6.45, 7) is 5.92. The van der Waals surface area contributed by atoms with Gasteiger partial charge in [-0.2, -0.15) is 0 Å². The van der Waals surface area contributed by atoms with Crippen LogP contribution in [-0.2, 0) is 11.2 Å². The summed E-state index contributed by atoms with van der Waals surface area (Å²) in [5.74, 6) is 1.46. The van der Waals surface area contributed by atoms with Crippen molar-refractivity contribution in [3.63, 3.8) is 0 Å². The van der Waals surface area contributed by atoms with E-state index in [4.69, 9.17) is 0 Å². The number of anilines is 1. The van der Waals surface area contributed by atoms with Crippen LogP contribution in [0.4, 0.5) is 5.82 Å². The average molecular weight is 268 g/mol. The molecular formula is C15H16N4O. The molecule has 5 heteroatoms. The second-order valence-corrected chi connectivity index (χ2v) is 5.21. The van der Waals surface area contributed by atoms with Crippen LogP contribution < -0.4 is 4.90 Å². The van der Waals surface area contributed by atoms with Crippen LogP contribution in [0.25, 0.3) is 11.4 Å². The number of hydrogen-bond donors (Lipinski definition) is 0. The number of aromatic nitrogens is 3. The fraction of sp³-hybridized carbons (Fsp3) is 0.333. The number of rotatable bonds is 2. The Morgan fingerprint density at radius 1 is 1.30 bits per heavy atom. The van der Waals surface area contributed by atoms with Crippen LogP contribution in [-0.4, -0.2) is 26.9 Å². The molecule has 0 unspecified atom stereocenters. The van der Waals surface area contributed by atoms with Crippen molar-refractivity contribution >= 4 is 11.7 Å². The molecule has 0 aromatic carbocycles. The SMILES string of the molecule is Cc1nc(-c2cccnc2)nc2c1CC(=O)N2C(C)C. The normalized spacial score (nSPS) is 14.0. The molecule has 0 aliphatic carbocycles. The van der Waals surface area contributed by atoms with Gasteiger partial charge >= 0.3 is 0 Å². The van der Waals surface area contributed by atoms with Gasteiger partial charge in [0.25, 0.3) is 0 Å². The number of hydrogen-bond acceptors (Lipinski definition) is 4. The zero-order valence-electron chi connectivity index (χ0n) is 11.8. The van der Waals surface area contributed by atoms with E-state index in [0.29, 0.717) is 12.2 Å². The van der Waals surface area contributed by atoms with E-state index in [0.717, 1.165) is 22.6 Å². The molecule has 0 atom stereocenters. The summed E-state index contributed by atoms with van der Waals surface area (Å²) < 4.78 is 0. The van der Waals surface area contributed by atoms with Gasteiger partial charge in [0.2, 0.25) is 5.91 Å². The zero-order chi connectivity index (χ0) is 14.3. The van der Waals surface area contributed by atoms with Gasteiger partial charge < -0.3 is 0 Å². The molecule has 102 valence electrons. The first-order valence-electron chi connectivity index (χ1n) is 6.68. The van der Waals surface area contributed by atoms with E-state index in [2.05, 4.69) is 15.0 Å². The van der Waals surface area contributed by atoms with E-state index in [1.54, 1.807) is 17.3 Å². The third kappa shape index (κ3) is 1.95. The lowest BCUT2D eigenvalue weighted by Crippen LogP contribution is -2.34. The molecule has 0 fully saturated rings. The molecule has 5 nitrogen and oxygen atoms in total. The Balaban J connectivity index is 2.15. The fourth-order valence-corrected chi connectivity index (χ4v) is 2.50. The predicted octanol–water partition coefficient (Wildman–Crippen LogP) is 2.14. The van der Waals surface area contributed by atoms with Crippen LogP contribution >= 0.6 is 0 Å². The van der Waals surface area contributed by atoms with Crippen LogP contribution in [0, 0.1) is 6.92 Å². The van der Waals surface area contributed by atoms with E-state index in [9.17, 15) is 4.79 Å². The summed E-state index contributed by atoms with van der Waals surface area (Å²) in [5, 5.41) is 0. The first-order valence-corrected chi connectivity index (χ1v) is 6.68. The fourth-order valence-electron chi connectivity index (χ4n) is 2.50. The molecule has 0 spiro atoms. The molecule has 20 heavy (non-hydrogen) atoms. The van der Waals surface area contributed by atoms with Gasteiger partial charge in [-0.1, -0.05) is 0 Å². The maximum absolute atomic E-state index is 12.1. The van der Waals surface area contributed by atoms with Crippen molar-refractivity contribution in [2.75, 3.05) is 4.90 Å². The van der Waals surface area contributed by atoms with Crippen molar-refractivity contribution in [1.29, 1.82) is 0 Å². The standard InChI is InChI=1S/C15H16N4O/c1-9(2)19-13(20)7-12-10(3)17-14(18-15(12)19)11-5-4-6-16-8-11/h4-6,8-9H,7H2,1-3H3. The minimum atomic E-state index is 0.0933. The molecule has 2 aromatic heterocycles. The largest absolute Gasteiger partial charge is 0.294 e. The topological polar surface area (TPSA) is 59.0 Å². The van der Waals surface area contributed by atoms with Gasteiger partial charge in [-0.25, -0.2) is 9.97 Å².